The third-order valence-corrected chi connectivity index (χ3v) is 1.63. The number of halogens is 3. The number of alkyl halides is 3. The second-order valence-electron chi connectivity index (χ2n) is 3.11. The minimum Gasteiger partial charge on any atom is -0.395 e. The Morgan fingerprint density at radius 3 is 2.56 bits per heavy atom. The molecule has 0 aromatic heterocycles. The van der Waals surface area contributed by atoms with E-state index in [4.69, 9.17) is 9.84 Å². The first kappa shape index (κ1) is 15.1. The summed E-state index contributed by atoms with van der Waals surface area (Å²) in [6.45, 7) is -1.75. The highest BCUT2D eigenvalue weighted by molar-refractivity contribution is 5.78. The molecule has 0 aliphatic rings. The van der Waals surface area contributed by atoms with Gasteiger partial charge in [-0.3, -0.25) is 4.79 Å². The van der Waals surface area contributed by atoms with Crippen molar-refractivity contribution in [2.45, 2.75) is 12.2 Å². The van der Waals surface area contributed by atoms with E-state index in [0.29, 0.717) is 0 Å². The van der Waals surface area contributed by atoms with E-state index in [1.54, 1.807) is 5.32 Å². The molecule has 3 N–H and O–H groups in total. The van der Waals surface area contributed by atoms with Gasteiger partial charge in [0, 0.05) is 7.11 Å². The highest BCUT2D eigenvalue weighted by Gasteiger charge is 2.27. The monoisotopic (exact) mass is 244 g/mol. The van der Waals surface area contributed by atoms with Crippen LogP contribution in [0.1, 0.15) is 0 Å². The van der Waals surface area contributed by atoms with E-state index in [1.807, 2.05) is 0 Å². The van der Waals surface area contributed by atoms with Crippen LogP contribution in [-0.2, 0) is 9.53 Å². The number of aliphatic hydroxyl groups is 1. The Morgan fingerprint density at radius 2 is 2.12 bits per heavy atom. The summed E-state index contributed by atoms with van der Waals surface area (Å²) in [5, 5.41) is 13.0. The van der Waals surface area contributed by atoms with Crippen LogP contribution in [0.4, 0.5) is 13.2 Å². The van der Waals surface area contributed by atoms with Gasteiger partial charge in [-0.05, 0) is 0 Å². The smallest absolute Gasteiger partial charge is 0.395 e. The van der Waals surface area contributed by atoms with Gasteiger partial charge in [-0.2, -0.15) is 13.2 Å². The minimum absolute atomic E-state index is 0.170. The molecule has 16 heavy (non-hydrogen) atoms. The van der Waals surface area contributed by atoms with Crippen molar-refractivity contribution >= 4 is 5.91 Å². The van der Waals surface area contributed by atoms with Gasteiger partial charge < -0.3 is 20.5 Å². The van der Waals surface area contributed by atoms with E-state index in [2.05, 4.69) is 5.32 Å². The Labute approximate surface area is 91.0 Å². The van der Waals surface area contributed by atoms with Gasteiger partial charge in [-0.15, -0.1) is 0 Å². The Hall–Kier alpha value is -0.860. The fraction of sp³-hybridized carbons (Fsp3) is 0.875. The fourth-order valence-electron chi connectivity index (χ4n) is 0.876. The minimum atomic E-state index is -4.42. The van der Waals surface area contributed by atoms with Crippen LogP contribution >= 0.6 is 0 Å². The maximum Gasteiger partial charge on any atom is 0.405 e. The maximum atomic E-state index is 11.7. The van der Waals surface area contributed by atoms with Crippen molar-refractivity contribution in [1.29, 1.82) is 0 Å². The van der Waals surface area contributed by atoms with E-state index in [0.717, 1.165) is 0 Å². The quantitative estimate of drug-likeness (QED) is 0.552. The Kier molecular flexibility index (Phi) is 7.02. The fourth-order valence-corrected chi connectivity index (χ4v) is 0.876. The summed E-state index contributed by atoms with van der Waals surface area (Å²) in [7, 11) is 1.41. The molecule has 8 heteroatoms. The van der Waals surface area contributed by atoms with Gasteiger partial charge in [0.05, 0.1) is 25.8 Å². The summed E-state index contributed by atoms with van der Waals surface area (Å²) < 4.78 is 39.8. The number of methoxy groups -OCH3 is 1. The number of nitrogens with one attached hydrogen (secondary N) is 2. The number of hydrogen-bond donors (Lipinski definition) is 3. The zero-order valence-corrected chi connectivity index (χ0v) is 8.80. The molecule has 0 aromatic rings. The molecular weight excluding hydrogens is 229 g/mol. The lowest BCUT2D eigenvalue weighted by molar-refractivity contribution is -0.138. The number of amides is 1. The van der Waals surface area contributed by atoms with Crippen LogP contribution in [0.3, 0.4) is 0 Å². The lowest BCUT2D eigenvalue weighted by Crippen LogP contribution is -2.44. The van der Waals surface area contributed by atoms with E-state index in [9.17, 15) is 18.0 Å². The molecule has 0 rings (SSSR count). The zero-order valence-electron chi connectivity index (χ0n) is 8.80. The predicted octanol–water partition coefficient (Wildman–Crippen LogP) is -0.738. The molecule has 0 aliphatic heterocycles. The van der Waals surface area contributed by atoms with Gasteiger partial charge in [0.2, 0.25) is 5.91 Å². The van der Waals surface area contributed by atoms with E-state index < -0.39 is 24.7 Å². The van der Waals surface area contributed by atoms with Crippen molar-refractivity contribution in [2.75, 3.05) is 33.4 Å². The largest absolute Gasteiger partial charge is 0.405 e. The van der Waals surface area contributed by atoms with Gasteiger partial charge in [-0.25, -0.2) is 0 Å². The van der Waals surface area contributed by atoms with Gasteiger partial charge in [-0.1, -0.05) is 0 Å². The zero-order chi connectivity index (χ0) is 12.6. The van der Waals surface area contributed by atoms with Crippen molar-refractivity contribution in [3.8, 4) is 0 Å². The molecule has 0 aromatic carbocycles. The van der Waals surface area contributed by atoms with Crippen molar-refractivity contribution < 1.29 is 27.8 Å². The second kappa shape index (κ2) is 7.42. The third-order valence-electron chi connectivity index (χ3n) is 1.63. The Balaban J connectivity index is 3.71. The predicted molar refractivity (Wildman–Crippen MR) is 49.8 cm³/mol. The average molecular weight is 244 g/mol. The van der Waals surface area contributed by atoms with Gasteiger partial charge in [0.15, 0.2) is 0 Å². The molecule has 1 amide bonds. The number of carbonyl (C=O) groups is 1. The van der Waals surface area contributed by atoms with E-state index in [-0.39, 0.29) is 19.8 Å². The SMILES string of the molecule is COCC(CO)NCC(=O)NCC(F)(F)F. The molecule has 0 spiro atoms. The second-order valence-corrected chi connectivity index (χ2v) is 3.11. The molecule has 0 saturated carbocycles. The number of aliphatic hydroxyl groups excluding tert-OH is 1. The molecule has 1 unspecified atom stereocenters. The molecule has 0 bridgehead atoms. The average Bonchev–Trinajstić information content (AvgIpc) is 2.20. The summed E-state index contributed by atoms with van der Waals surface area (Å²) in [5.41, 5.74) is 0. The first-order chi connectivity index (χ1) is 7.39. The maximum absolute atomic E-state index is 11.7. The number of rotatable bonds is 7. The van der Waals surface area contributed by atoms with Crippen LogP contribution in [0.5, 0.6) is 0 Å². The lowest BCUT2D eigenvalue weighted by Gasteiger charge is -2.15. The van der Waals surface area contributed by atoms with Crippen LogP contribution in [0.2, 0.25) is 0 Å². The van der Waals surface area contributed by atoms with Crippen molar-refractivity contribution in [3.63, 3.8) is 0 Å². The molecule has 0 radical (unpaired) electrons. The molecular formula is C8H15F3N2O3. The van der Waals surface area contributed by atoms with Crippen molar-refractivity contribution in [2.24, 2.45) is 0 Å². The molecule has 0 saturated heterocycles. The summed E-state index contributed by atoms with van der Waals surface area (Å²) in [6.07, 6.45) is -4.42. The number of hydrogen-bond acceptors (Lipinski definition) is 4. The van der Waals surface area contributed by atoms with Gasteiger partial charge in [0.1, 0.15) is 6.54 Å². The van der Waals surface area contributed by atoms with Crippen LogP contribution in [-0.4, -0.2) is 56.6 Å². The van der Waals surface area contributed by atoms with Crippen molar-refractivity contribution in [3.05, 3.63) is 0 Å². The highest BCUT2D eigenvalue weighted by atomic mass is 19.4. The molecule has 0 heterocycles. The number of ether oxygens (including phenoxy) is 1. The van der Waals surface area contributed by atoms with Crippen LogP contribution in [0.25, 0.3) is 0 Å². The molecule has 5 nitrogen and oxygen atoms in total. The topological polar surface area (TPSA) is 70.6 Å². The van der Waals surface area contributed by atoms with Crippen LogP contribution in [0, 0.1) is 0 Å². The summed E-state index contributed by atoms with van der Waals surface area (Å²) in [5.74, 6) is -0.785. The highest BCUT2D eigenvalue weighted by Crippen LogP contribution is 2.11. The van der Waals surface area contributed by atoms with E-state index in [1.165, 1.54) is 7.11 Å². The van der Waals surface area contributed by atoms with Gasteiger partial charge >= 0.3 is 6.18 Å². The van der Waals surface area contributed by atoms with Crippen LogP contribution in [0.15, 0.2) is 0 Å². The van der Waals surface area contributed by atoms with E-state index >= 15 is 0 Å². The Morgan fingerprint density at radius 1 is 1.50 bits per heavy atom. The normalized spacial score (nSPS) is 13.6. The first-order valence-corrected chi connectivity index (χ1v) is 4.55. The molecule has 96 valence electrons. The standard InChI is InChI=1S/C8H15F3N2O3/c1-16-4-6(3-14)12-2-7(15)13-5-8(9,10)11/h6,12,14H,2-5H2,1H3,(H,13,15). The lowest BCUT2D eigenvalue weighted by atomic mass is 10.3. The summed E-state index contributed by atoms with van der Waals surface area (Å²) in [4.78, 5) is 10.9. The summed E-state index contributed by atoms with van der Waals surface area (Å²) >= 11 is 0. The third kappa shape index (κ3) is 8.45. The van der Waals surface area contributed by atoms with Gasteiger partial charge in [0.25, 0.3) is 0 Å². The Bertz CT molecular complexity index is 211. The molecule has 0 fully saturated rings. The number of carbonyl (C=O) groups excluding carboxylic acids is 1. The molecule has 0 aliphatic carbocycles. The van der Waals surface area contributed by atoms with Crippen molar-refractivity contribution in [1.82, 2.24) is 10.6 Å². The summed E-state index contributed by atoms with van der Waals surface area (Å²) in [6, 6.07) is -0.471. The first-order valence-electron chi connectivity index (χ1n) is 4.55. The van der Waals surface area contributed by atoms with Crippen LogP contribution < -0.4 is 10.6 Å². The molecule has 1 atom stereocenters.